The minimum Gasteiger partial charge on any atom is -0.493 e. The van der Waals surface area contributed by atoms with Crippen LogP contribution in [0.1, 0.15) is 49.3 Å². The lowest BCUT2D eigenvalue weighted by Crippen LogP contribution is -2.31. The maximum Gasteiger partial charge on any atom is 0.122 e. The van der Waals surface area contributed by atoms with Gasteiger partial charge in [-0.2, -0.15) is 0 Å². The van der Waals surface area contributed by atoms with Gasteiger partial charge in [0.25, 0.3) is 0 Å². The Hall–Kier alpha value is -1.06. The van der Waals surface area contributed by atoms with E-state index in [1.54, 1.807) is 7.11 Å². The normalized spacial score (nSPS) is 22.1. The molecule has 0 spiro atoms. The third-order valence-corrected chi connectivity index (χ3v) is 4.75. The number of ether oxygens (including phenoxy) is 2. The highest BCUT2D eigenvalue weighted by atomic mass is 16.5. The van der Waals surface area contributed by atoms with Gasteiger partial charge in [0, 0.05) is 13.5 Å². The van der Waals surface area contributed by atoms with Crippen molar-refractivity contribution >= 4 is 0 Å². The molecule has 1 aromatic rings. The summed E-state index contributed by atoms with van der Waals surface area (Å²) in [6.07, 6.45) is 6.50. The maximum absolute atomic E-state index is 10.7. The van der Waals surface area contributed by atoms with Crippen molar-refractivity contribution in [3.8, 4) is 5.75 Å². The molecule has 1 aromatic carbocycles. The monoisotopic (exact) mass is 276 g/mol. The van der Waals surface area contributed by atoms with Gasteiger partial charge in [-0.25, -0.2) is 0 Å². The first-order chi connectivity index (χ1) is 9.79. The van der Waals surface area contributed by atoms with E-state index in [0.717, 1.165) is 24.3 Å². The average Bonchev–Trinajstić information content (AvgIpc) is 2.96. The first-order valence-corrected chi connectivity index (χ1v) is 7.76. The summed E-state index contributed by atoms with van der Waals surface area (Å²) in [7, 11) is 1.72. The maximum atomic E-state index is 10.7. The summed E-state index contributed by atoms with van der Waals surface area (Å²) in [6.45, 7) is 0.755. The van der Waals surface area contributed by atoms with E-state index in [9.17, 15) is 5.11 Å². The van der Waals surface area contributed by atoms with Crippen LogP contribution in [0, 0.1) is 5.92 Å². The van der Waals surface area contributed by atoms with E-state index in [-0.39, 0.29) is 6.10 Å². The predicted octanol–water partition coefficient (Wildman–Crippen LogP) is 3.25. The Morgan fingerprint density at radius 2 is 2.05 bits per heavy atom. The number of benzene rings is 1. The van der Waals surface area contributed by atoms with Crippen LogP contribution in [0.2, 0.25) is 0 Å². The van der Waals surface area contributed by atoms with Crippen molar-refractivity contribution < 1.29 is 14.6 Å². The van der Waals surface area contributed by atoms with Gasteiger partial charge in [-0.1, -0.05) is 25.3 Å². The lowest BCUT2D eigenvalue weighted by molar-refractivity contribution is -0.0559. The Labute approximate surface area is 120 Å². The van der Waals surface area contributed by atoms with Crippen molar-refractivity contribution in [2.45, 2.75) is 50.7 Å². The third kappa shape index (κ3) is 2.70. The second-order valence-corrected chi connectivity index (χ2v) is 6.01. The van der Waals surface area contributed by atoms with Crippen LogP contribution in [0.4, 0.5) is 0 Å². The Morgan fingerprint density at radius 1 is 1.25 bits per heavy atom. The van der Waals surface area contributed by atoms with Crippen molar-refractivity contribution in [2.75, 3.05) is 13.7 Å². The number of fused-ring (bicyclic) bond motifs is 1. The van der Waals surface area contributed by atoms with Gasteiger partial charge in [-0.15, -0.1) is 0 Å². The average molecular weight is 276 g/mol. The summed E-state index contributed by atoms with van der Waals surface area (Å²) in [4.78, 5) is 0. The van der Waals surface area contributed by atoms with Crippen LogP contribution < -0.4 is 4.74 Å². The molecule has 3 nitrogen and oxygen atoms in total. The molecule has 1 saturated carbocycles. The SMILES string of the molecule is COC(C1CCCCC1)C(O)c1ccc2c(c1)CCO2. The van der Waals surface area contributed by atoms with Gasteiger partial charge in [-0.05, 0) is 42.0 Å². The molecule has 1 heterocycles. The van der Waals surface area contributed by atoms with Gasteiger partial charge in [-0.3, -0.25) is 0 Å². The fourth-order valence-electron chi connectivity index (χ4n) is 3.62. The molecule has 0 saturated heterocycles. The number of aliphatic hydroxyl groups is 1. The van der Waals surface area contributed by atoms with Gasteiger partial charge in [0.05, 0.1) is 12.7 Å². The second-order valence-electron chi connectivity index (χ2n) is 6.01. The first kappa shape index (κ1) is 13.9. The zero-order valence-electron chi connectivity index (χ0n) is 12.2. The van der Waals surface area contributed by atoms with Gasteiger partial charge < -0.3 is 14.6 Å². The lowest BCUT2D eigenvalue weighted by atomic mass is 9.81. The Bertz CT molecular complexity index is 452. The Kier molecular flexibility index (Phi) is 4.27. The van der Waals surface area contributed by atoms with Crippen molar-refractivity contribution in [3.63, 3.8) is 0 Å². The van der Waals surface area contributed by atoms with Gasteiger partial charge in [0.15, 0.2) is 0 Å². The molecule has 1 N–H and O–H groups in total. The van der Waals surface area contributed by atoms with Crippen LogP contribution in [0.3, 0.4) is 0 Å². The quantitative estimate of drug-likeness (QED) is 0.917. The molecule has 110 valence electrons. The van der Waals surface area contributed by atoms with Crippen LogP contribution in [-0.4, -0.2) is 24.9 Å². The molecule has 0 aromatic heterocycles. The summed E-state index contributed by atoms with van der Waals surface area (Å²) >= 11 is 0. The van der Waals surface area contributed by atoms with E-state index in [0.29, 0.717) is 5.92 Å². The summed E-state index contributed by atoms with van der Waals surface area (Å²) in [5.74, 6) is 1.45. The predicted molar refractivity (Wildman–Crippen MR) is 78.0 cm³/mol. The van der Waals surface area contributed by atoms with E-state index >= 15 is 0 Å². The smallest absolute Gasteiger partial charge is 0.122 e. The lowest BCUT2D eigenvalue weighted by Gasteiger charge is -2.32. The van der Waals surface area contributed by atoms with Crippen molar-refractivity contribution in [1.29, 1.82) is 0 Å². The standard InChI is InChI=1S/C17H24O3/c1-19-17(12-5-3-2-4-6-12)16(18)14-7-8-15-13(11-14)9-10-20-15/h7-8,11-12,16-18H,2-6,9-10H2,1H3. The molecule has 20 heavy (non-hydrogen) atoms. The van der Waals surface area contributed by atoms with Crippen molar-refractivity contribution in [1.82, 2.24) is 0 Å². The van der Waals surface area contributed by atoms with E-state index in [1.165, 1.54) is 37.7 Å². The first-order valence-electron chi connectivity index (χ1n) is 7.76. The van der Waals surface area contributed by atoms with Crippen LogP contribution in [0.25, 0.3) is 0 Å². The fourth-order valence-corrected chi connectivity index (χ4v) is 3.62. The van der Waals surface area contributed by atoms with Gasteiger partial charge in [0.1, 0.15) is 11.9 Å². The molecule has 3 heteroatoms. The molecule has 2 atom stereocenters. The third-order valence-electron chi connectivity index (χ3n) is 4.75. The number of hydrogen-bond acceptors (Lipinski definition) is 3. The zero-order chi connectivity index (χ0) is 13.9. The van der Waals surface area contributed by atoms with Gasteiger partial charge >= 0.3 is 0 Å². The highest BCUT2D eigenvalue weighted by Crippen LogP contribution is 2.36. The van der Waals surface area contributed by atoms with Crippen LogP contribution in [-0.2, 0) is 11.2 Å². The molecule has 0 radical (unpaired) electrons. The van der Waals surface area contributed by atoms with Crippen molar-refractivity contribution in [2.24, 2.45) is 5.92 Å². The molecule has 1 aliphatic heterocycles. The summed E-state index contributed by atoms with van der Waals surface area (Å²) in [5, 5.41) is 10.7. The Balaban J connectivity index is 1.77. The summed E-state index contributed by atoms with van der Waals surface area (Å²) < 4.78 is 11.2. The molecule has 0 amide bonds. The summed E-state index contributed by atoms with van der Waals surface area (Å²) in [6, 6.07) is 6.04. The molecule has 2 aliphatic rings. The number of aliphatic hydroxyl groups excluding tert-OH is 1. The highest BCUT2D eigenvalue weighted by molar-refractivity contribution is 5.40. The minimum atomic E-state index is -0.533. The molecule has 2 unspecified atom stereocenters. The van der Waals surface area contributed by atoms with Crippen molar-refractivity contribution in [3.05, 3.63) is 29.3 Å². The van der Waals surface area contributed by atoms with E-state index in [4.69, 9.17) is 9.47 Å². The zero-order valence-corrected chi connectivity index (χ0v) is 12.2. The molecule has 0 bridgehead atoms. The molecule has 1 aliphatic carbocycles. The largest absolute Gasteiger partial charge is 0.493 e. The highest BCUT2D eigenvalue weighted by Gasteiger charge is 2.31. The molecule has 3 rings (SSSR count). The number of rotatable bonds is 4. The molecular weight excluding hydrogens is 252 g/mol. The number of hydrogen-bond donors (Lipinski definition) is 1. The minimum absolute atomic E-state index is 0.0873. The Morgan fingerprint density at radius 3 is 2.80 bits per heavy atom. The number of methoxy groups -OCH3 is 1. The van der Waals surface area contributed by atoms with Gasteiger partial charge in [0.2, 0.25) is 0 Å². The van der Waals surface area contributed by atoms with Crippen LogP contribution in [0.5, 0.6) is 5.75 Å². The molecular formula is C17H24O3. The molecule has 1 fully saturated rings. The topological polar surface area (TPSA) is 38.7 Å². The second kappa shape index (κ2) is 6.15. The summed E-state index contributed by atoms with van der Waals surface area (Å²) in [5.41, 5.74) is 2.17. The fraction of sp³-hybridized carbons (Fsp3) is 0.647. The van der Waals surface area contributed by atoms with Crippen LogP contribution >= 0.6 is 0 Å². The van der Waals surface area contributed by atoms with Crippen LogP contribution in [0.15, 0.2) is 18.2 Å². The van der Waals surface area contributed by atoms with E-state index in [2.05, 4.69) is 6.07 Å². The van der Waals surface area contributed by atoms with E-state index < -0.39 is 6.10 Å². The van der Waals surface area contributed by atoms with E-state index in [1.807, 2.05) is 12.1 Å².